The Morgan fingerprint density at radius 1 is 1.23 bits per heavy atom. The highest BCUT2D eigenvalue weighted by molar-refractivity contribution is 6.09. The van der Waals surface area contributed by atoms with E-state index < -0.39 is 12.5 Å². The zero-order valence-corrected chi connectivity index (χ0v) is 16.6. The van der Waals surface area contributed by atoms with Gasteiger partial charge in [-0.3, -0.25) is 9.89 Å². The average Bonchev–Trinajstić information content (AvgIpc) is 3.29. The number of halogens is 2. The second-order valence-electron chi connectivity index (χ2n) is 6.71. The maximum atomic E-state index is 12.6. The van der Waals surface area contributed by atoms with Crippen LogP contribution in [0.2, 0.25) is 0 Å². The van der Waals surface area contributed by atoms with Crippen LogP contribution in [0.3, 0.4) is 0 Å². The third kappa shape index (κ3) is 4.32. The topological polar surface area (TPSA) is 102 Å². The van der Waals surface area contributed by atoms with Crippen LogP contribution >= 0.6 is 0 Å². The van der Waals surface area contributed by atoms with Crippen LogP contribution in [0.5, 0.6) is 11.5 Å². The van der Waals surface area contributed by atoms with Gasteiger partial charge in [0.05, 0.1) is 11.2 Å². The van der Waals surface area contributed by atoms with E-state index in [0.717, 1.165) is 0 Å². The van der Waals surface area contributed by atoms with Crippen molar-refractivity contribution in [3.05, 3.63) is 65.0 Å². The SMILES string of the molecule is Cc1noc(C)c1C(=O)Nc1n[nH]c2ccc(OCc3ccccc3OC(F)F)cc12. The Morgan fingerprint density at radius 2 is 2.03 bits per heavy atom. The number of ether oxygens (including phenoxy) is 2. The highest BCUT2D eigenvalue weighted by atomic mass is 19.3. The fourth-order valence-corrected chi connectivity index (χ4v) is 3.15. The number of hydrogen-bond acceptors (Lipinski definition) is 6. The fraction of sp³-hybridized carbons (Fsp3) is 0.190. The Kier molecular flexibility index (Phi) is 5.52. The Hall–Kier alpha value is -3.95. The maximum absolute atomic E-state index is 12.6. The number of amides is 1. The molecular weight excluding hydrogens is 410 g/mol. The first-order valence-electron chi connectivity index (χ1n) is 9.30. The van der Waals surface area contributed by atoms with E-state index in [0.29, 0.717) is 45.1 Å². The summed E-state index contributed by atoms with van der Waals surface area (Å²) in [4.78, 5) is 12.6. The molecule has 0 fully saturated rings. The monoisotopic (exact) mass is 428 g/mol. The molecule has 31 heavy (non-hydrogen) atoms. The van der Waals surface area contributed by atoms with Crippen molar-refractivity contribution in [1.29, 1.82) is 0 Å². The number of hydrogen-bond donors (Lipinski definition) is 2. The minimum atomic E-state index is -2.92. The van der Waals surface area contributed by atoms with Crippen LogP contribution in [0.15, 0.2) is 47.0 Å². The summed E-state index contributed by atoms with van der Waals surface area (Å²) >= 11 is 0. The first-order valence-corrected chi connectivity index (χ1v) is 9.30. The van der Waals surface area contributed by atoms with Crippen LogP contribution in [-0.2, 0) is 6.61 Å². The van der Waals surface area contributed by atoms with Crippen molar-refractivity contribution in [2.24, 2.45) is 0 Å². The number of H-pyrrole nitrogens is 1. The number of aryl methyl sites for hydroxylation is 2. The summed E-state index contributed by atoms with van der Waals surface area (Å²) in [5, 5.41) is 14.1. The third-order valence-corrected chi connectivity index (χ3v) is 4.61. The van der Waals surface area contributed by atoms with E-state index in [1.165, 1.54) is 6.07 Å². The predicted molar refractivity (Wildman–Crippen MR) is 107 cm³/mol. The zero-order valence-electron chi connectivity index (χ0n) is 16.6. The lowest BCUT2D eigenvalue weighted by atomic mass is 10.2. The summed E-state index contributed by atoms with van der Waals surface area (Å²) in [6, 6.07) is 11.5. The molecule has 0 aliphatic rings. The molecule has 0 spiro atoms. The number of rotatable bonds is 7. The Bertz CT molecular complexity index is 1220. The van der Waals surface area contributed by atoms with E-state index in [1.54, 1.807) is 50.2 Å². The van der Waals surface area contributed by atoms with Gasteiger partial charge in [0.15, 0.2) is 5.82 Å². The number of carbonyl (C=O) groups is 1. The van der Waals surface area contributed by atoms with Gasteiger partial charge < -0.3 is 19.3 Å². The number of para-hydroxylation sites is 1. The number of aromatic amines is 1. The molecular formula is C21H18F2N4O4. The van der Waals surface area contributed by atoms with Crippen molar-refractivity contribution >= 4 is 22.6 Å². The summed E-state index contributed by atoms with van der Waals surface area (Å²) in [5.74, 6) is 0.840. The second-order valence-corrected chi connectivity index (χ2v) is 6.71. The molecule has 0 unspecified atom stereocenters. The number of nitrogens with one attached hydrogen (secondary N) is 2. The molecule has 0 radical (unpaired) electrons. The molecule has 2 heterocycles. The van der Waals surface area contributed by atoms with E-state index in [1.807, 2.05) is 0 Å². The summed E-state index contributed by atoms with van der Waals surface area (Å²) in [5.41, 5.74) is 1.98. The van der Waals surface area contributed by atoms with E-state index in [2.05, 4.69) is 25.4 Å². The van der Waals surface area contributed by atoms with Crippen molar-refractivity contribution in [1.82, 2.24) is 15.4 Å². The van der Waals surface area contributed by atoms with Gasteiger partial charge in [-0.2, -0.15) is 13.9 Å². The smallest absolute Gasteiger partial charge is 0.387 e. The molecule has 0 aliphatic carbocycles. The van der Waals surface area contributed by atoms with Crippen LogP contribution in [0.1, 0.15) is 27.4 Å². The fourth-order valence-electron chi connectivity index (χ4n) is 3.15. The molecule has 2 aromatic heterocycles. The van der Waals surface area contributed by atoms with Crippen molar-refractivity contribution in [2.75, 3.05) is 5.32 Å². The second kappa shape index (κ2) is 8.42. The molecule has 0 atom stereocenters. The van der Waals surface area contributed by atoms with Crippen LogP contribution in [-0.4, -0.2) is 27.9 Å². The van der Waals surface area contributed by atoms with Crippen LogP contribution in [0.4, 0.5) is 14.6 Å². The standard InChI is InChI=1S/C21H18F2N4O4/c1-11-18(12(2)31-27-11)20(28)24-19-15-9-14(7-8-16(15)25-26-19)29-10-13-5-3-4-6-17(13)30-21(22)23/h3-9,21H,10H2,1-2H3,(H2,24,25,26,28). The van der Waals surface area contributed by atoms with Gasteiger partial charge >= 0.3 is 6.61 Å². The van der Waals surface area contributed by atoms with Crippen LogP contribution in [0, 0.1) is 13.8 Å². The van der Waals surface area contributed by atoms with Gasteiger partial charge in [-0.1, -0.05) is 23.4 Å². The number of benzene rings is 2. The normalized spacial score (nSPS) is 11.1. The average molecular weight is 428 g/mol. The maximum Gasteiger partial charge on any atom is 0.387 e. The lowest BCUT2D eigenvalue weighted by Crippen LogP contribution is -2.14. The number of aromatic nitrogens is 3. The number of fused-ring (bicyclic) bond motifs is 1. The van der Waals surface area contributed by atoms with Crippen molar-refractivity contribution in [3.8, 4) is 11.5 Å². The van der Waals surface area contributed by atoms with E-state index in [-0.39, 0.29) is 12.4 Å². The highest BCUT2D eigenvalue weighted by Gasteiger charge is 2.19. The first kappa shape index (κ1) is 20.3. The van der Waals surface area contributed by atoms with Gasteiger partial charge in [-0.05, 0) is 38.1 Å². The van der Waals surface area contributed by atoms with Crippen molar-refractivity contribution < 1.29 is 27.6 Å². The molecule has 0 bridgehead atoms. The Balaban J connectivity index is 1.53. The minimum absolute atomic E-state index is 0.0209. The number of nitrogens with zero attached hydrogens (tertiary/aromatic N) is 2. The quantitative estimate of drug-likeness (QED) is 0.446. The number of alkyl halides is 2. The van der Waals surface area contributed by atoms with Crippen LogP contribution < -0.4 is 14.8 Å². The molecule has 4 aromatic rings. The van der Waals surface area contributed by atoms with Gasteiger partial charge in [0.25, 0.3) is 5.91 Å². The third-order valence-electron chi connectivity index (χ3n) is 4.61. The summed E-state index contributed by atoms with van der Waals surface area (Å²) < 4.78 is 40.5. The summed E-state index contributed by atoms with van der Waals surface area (Å²) in [6.07, 6.45) is 0. The van der Waals surface area contributed by atoms with Gasteiger partial charge in [-0.15, -0.1) is 0 Å². The molecule has 160 valence electrons. The Morgan fingerprint density at radius 3 is 2.77 bits per heavy atom. The summed E-state index contributed by atoms with van der Waals surface area (Å²) in [6.45, 7) is 0.425. The molecule has 10 heteroatoms. The molecule has 4 rings (SSSR count). The molecule has 0 saturated carbocycles. The van der Waals surface area contributed by atoms with Crippen molar-refractivity contribution in [2.45, 2.75) is 27.1 Å². The predicted octanol–water partition coefficient (Wildman–Crippen LogP) is 4.60. The van der Waals surface area contributed by atoms with Gasteiger partial charge in [0, 0.05) is 10.9 Å². The van der Waals surface area contributed by atoms with Gasteiger partial charge in [0.1, 0.15) is 29.4 Å². The molecule has 2 aromatic carbocycles. The number of anilines is 1. The highest BCUT2D eigenvalue weighted by Crippen LogP contribution is 2.28. The van der Waals surface area contributed by atoms with Crippen LogP contribution in [0.25, 0.3) is 10.9 Å². The molecule has 0 saturated heterocycles. The van der Waals surface area contributed by atoms with Gasteiger partial charge in [0.2, 0.25) is 0 Å². The zero-order chi connectivity index (χ0) is 22.0. The van der Waals surface area contributed by atoms with E-state index in [9.17, 15) is 13.6 Å². The molecule has 0 aliphatic heterocycles. The van der Waals surface area contributed by atoms with E-state index in [4.69, 9.17) is 9.26 Å². The molecule has 1 amide bonds. The summed E-state index contributed by atoms with van der Waals surface area (Å²) in [7, 11) is 0. The largest absolute Gasteiger partial charge is 0.489 e. The lowest BCUT2D eigenvalue weighted by molar-refractivity contribution is -0.0508. The molecule has 2 N–H and O–H groups in total. The molecule has 8 nitrogen and oxygen atoms in total. The Labute approximate surface area is 175 Å². The first-order chi connectivity index (χ1) is 14.9. The number of carbonyl (C=O) groups excluding carboxylic acids is 1. The minimum Gasteiger partial charge on any atom is -0.489 e. The van der Waals surface area contributed by atoms with Gasteiger partial charge in [-0.25, -0.2) is 0 Å². The lowest BCUT2D eigenvalue weighted by Gasteiger charge is -2.12. The van der Waals surface area contributed by atoms with E-state index >= 15 is 0 Å². The van der Waals surface area contributed by atoms with Crippen molar-refractivity contribution in [3.63, 3.8) is 0 Å².